The zero-order valence-electron chi connectivity index (χ0n) is 20.5. The van der Waals surface area contributed by atoms with Crippen LogP contribution in [0, 0.1) is 11.8 Å². The highest BCUT2D eigenvalue weighted by atomic mass is 16.5. The summed E-state index contributed by atoms with van der Waals surface area (Å²) in [5.74, 6) is 2.53. The van der Waals surface area contributed by atoms with Gasteiger partial charge >= 0.3 is 0 Å². The molecule has 1 heteroatoms. The summed E-state index contributed by atoms with van der Waals surface area (Å²) in [7, 11) is 0. The van der Waals surface area contributed by atoms with E-state index in [1.165, 1.54) is 93.7 Å². The number of hydrogen-bond donors (Lipinski definition) is 0. The Balaban J connectivity index is 1.29. The molecule has 0 N–H and O–H groups in total. The van der Waals surface area contributed by atoms with Crippen LogP contribution < -0.4 is 0 Å². The zero-order chi connectivity index (χ0) is 22.2. The van der Waals surface area contributed by atoms with Gasteiger partial charge in [-0.1, -0.05) is 94.5 Å². The SMILES string of the molecule is CCCCC1CCC(c2ccc(-c3ccc([C@H]4CC[C@H](CCCC)CC4)cc3)cc2)OC1. The summed E-state index contributed by atoms with van der Waals surface area (Å²) in [4.78, 5) is 0. The minimum Gasteiger partial charge on any atom is -0.373 e. The fraction of sp³-hybridized carbons (Fsp3) is 0.613. The van der Waals surface area contributed by atoms with Crippen molar-refractivity contribution in [3.8, 4) is 11.1 Å². The molecule has 0 spiro atoms. The molecular formula is C31H44O. The Morgan fingerprint density at radius 3 is 1.69 bits per heavy atom. The molecule has 1 aliphatic carbocycles. The summed E-state index contributed by atoms with van der Waals surface area (Å²) in [6.45, 7) is 5.53. The zero-order valence-corrected chi connectivity index (χ0v) is 20.5. The lowest BCUT2D eigenvalue weighted by atomic mass is 9.77. The van der Waals surface area contributed by atoms with E-state index in [-0.39, 0.29) is 6.10 Å². The Morgan fingerprint density at radius 2 is 1.16 bits per heavy atom. The molecule has 4 rings (SSSR count). The van der Waals surface area contributed by atoms with Gasteiger partial charge in [0, 0.05) is 0 Å². The van der Waals surface area contributed by atoms with Gasteiger partial charge < -0.3 is 4.74 Å². The molecule has 1 nitrogen and oxygen atoms in total. The third-order valence-corrected chi connectivity index (χ3v) is 8.15. The van der Waals surface area contributed by atoms with Crippen LogP contribution in [0.3, 0.4) is 0 Å². The lowest BCUT2D eigenvalue weighted by Gasteiger charge is -2.29. The van der Waals surface area contributed by atoms with E-state index in [4.69, 9.17) is 4.74 Å². The van der Waals surface area contributed by atoms with Gasteiger partial charge in [0.25, 0.3) is 0 Å². The molecule has 2 atom stereocenters. The molecular weight excluding hydrogens is 388 g/mol. The molecule has 0 bridgehead atoms. The maximum Gasteiger partial charge on any atom is 0.0825 e. The Morgan fingerprint density at radius 1 is 0.625 bits per heavy atom. The first-order chi connectivity index (χ1) is 15.8. The molecule has 174 valence electrons. The van der Waals surface area contributed by atoms with Crippen molar-refractivity contribution in [2.45, 2.75) is 103 Å². The second kappa shape index (κ2) is 12.0. The molecule has 2 unspecified atom stereocenters. The van der Waals surface area contributed by atoms with Gasteiger partial charge in [-0.15, -0.1) is 0 Å². The quantitative estimate of drug-likeness (QED) is 0.383. The topological polar surface area (TPSA) is 9.23 Å². The molecule has 0 amide bonds. The second-order valence-electron chi connectivity index (χ2n) is 10.5. The third kappa shape index (κ3) is 6.25. The van der Waals surface area contributed by atoms with Crippen LogP contribution in [-0.4, -0.2) is 6.61 Å². The lowest BCUT2D eigenvalue weighted by molar-refractivity contribution is -0.0197. The summed E-state index contributed by atoms with van der Waals surface area (Å²) >= 11 is 0. The van der Waals surface area contributed by atoms with Crippen LogP contribution in [0.4, 0.5) is 0 Å². The van der Waals surface area contributed by atoms with Gasteiger partial charge in [0.2, 0.25) is 0 Å². The summed E-state index contributed by atoms with van der Waals surface area (Å²) in [5.41, 5.74) is 5.55. The van der Waals surface area contributed by atoms with Gasteiger partial charge in [-0.2, -0.15) is 0 Å². The Kier molecular flexibility index (Phi) is 8.85. The number of unbranched alkanes of at least 4 members (excludes halogenated alkanes) is 2. The van der Waals surface area contributed by atoms with Gasteiger partial charge in [-0.05, 0) is 85.0 Å². The largest absolute Gasteiger partial charge is 0.373 e. The molecule has 32 heavy (non-hydrogen) atoms. The molecule has 1 saturated carbocycles. The molecule has 1 saturated heterocycles. The van der Waals surface area contributed by atoms with Crippen molar-refractivity contribution in [3.63, 3.8) is 0 Å². The Hall–Kier alpha value is -1.60. The minimum atomic E-state index is 0.289. The van der Waals surface area contributed by atoms with Crippen LogP contribution in [0.1, 0.15) is 114 Å². The van der Waals surface area contributed by atoms with Crippen LogP contribution in [0.25, 0.3) is 11.1 Å². The van der Waals surface area contributed by atoms with E-state index in [1.54, 1.807) is 5.56 Å². The van der Waals surface area contributed by atoms with Crippen molar-refractivity contribution in [2.75, 3.05) is 6.61 Å². The molecule has 0 radical (unpaired) electrons. The van der Waals surface area contributed by atoms with Crippen molar-refractivity contribution in [2.24, 2.45) is 11.8 Å². The predicted octanol–water partition coefficient (Wildman–Crippen LogP) is 9.48. The van der Waals surface area contributed by atoms with E-state index in [9.17, 15) is 0 Å². The number of benzene rings is 2. The maximum absolute atomic E-state index is 6.23. The molecule has 1 heterocycles. The Bertz CT molecular complexity index is 705. The van der Waals surface area contributed by atoms with Crippen LogP contribution in [0.2, 0.25) is 0 Å². The van der Waals surface area contributed by atoms with Crippen LogP contribution in [-0.2, 0) is 4.74 Å². The molecule has 2 aromatic carbocycles. The summed E-state index contributed by atoms with van der Waals surface area (Å²) < 4.78 is 6.23. The standard InChI is InChI=1S/C31H44O/c1-3-5-7-24-9-12-26(13-10-24)27-14-16-28(17-15-27)29-18-20-30(21-19-29)31-22-11-25(23-32-31)8-6-4-2/h14-21,24-26,31H,3-13,22-23H2,1-2H3/t24-,25?,26-,31?. The van der Waals surface area contributed by atoms with Gasteiger partial charge in [0.15, 0.2) is 0 Å². The highest BCUT2D eigenvalue weighted by molar-refractivity contribution is 5.64. The monoisotopic (exact) mass is 432 g/mol. The van der Waals surface area contributed by atoms with Gasteiger partial charge in [0.05, 0.1) is 12.7 Å². The molecule has 0 aromatic heterocycles. The van der Waals surface area contributed by atoms with E-state index in [1.807, 2.05) is 0 Å². The maximum atomic E-state index is 6.23. The van der Waals surface area contributed by atoms with Crippen LogP contribution in [0.5, 0.6) is 0 Å². The number of rotatable bonds is 9. The van der Waals surface area contributed by atoms with E-state index < -0.39 is 0 Å². The van der Waals surface area contributed by atoms with Gasteiger partial charge in [-0.3, -0.25) is 0 Å². The van der Waals surface area contributed by atoms with Crippen molar-refractivity contribution in [1.29, 1.82) is 0 Å². The molecule has 2 aromatic rings. The first-order valence-corrected chi connectivity index (χ1v) is 13.6. The van der Waals surface area contributed by atoms with Crippen LogP contribution >= 0.6 is 0 Å². The fourth-order valence-electron chi connectivity index (χ4n) is 5.90. The van der Waals surface area contributed by atoms with Crippen molar-refractivity contribution in [3.05, 3.63) is 59.7 Å². The molecule has 2 fully saturated rings. The third-order valence-electron chi connectivity index (χ3n) is 8.15. The smallest absolute Gasteiger partial charge is 0.0825 e. The Labute approximate surface area is 197 Å². The minimum absolute atomic E-state index is 0.289. The van der Waals surface area contributed by atoms with E-state index in [0.717, 1.165) is 24.4 Å². The average Bonchev–Trinajstić information content (AvgIpc) is 2.87. The number of ether oxygens (including phenoxy) is 1. The predicted molar refractivity (Wildman–Crippen MR) is 137 cm³/mol. The highest BCUT2D eigenvalue weighted by Gasteiger charge is 2.23. The van der Waals surface area contributed by atoms with E-state index >= 15 is 0 Å². The van der Waals surface area contributed by atoms with Gasteiger partial charge in [0.1, 0.15) is 0 Å². The number of hydrogen-bond acceptors (Lipinski definition) is 1. The highest BCUT2D eigenvalue weighted by Crippen LogP contribution is 2.38. The second-order valence-corrected chi connectivity index (χ2v) is 10.5. The van der Waals surface area contributed by atoms with Crippen molar-refractivity contribution < 1.29 is 4.74 Å². The lowest BCUT2D eigenvalue weighted by Crippen LogP contribution is -2.20. The van der Waals surface area contributed by atoms with E-state index in [2.05, 4.69) is 62.4 Å². The average molecular weight is 433 g/mol. The van der Waals surface area contributed by atoms with Gasteiger partial charge in [-0.25, -0.2) is 0 Å². The van der Waals surface area contributed by atoms with Crippen molar-refractivity contribution >= 4 is 0 Å². The fourth-order valence-corrected chi connectivity index (χ4v) is 5.90. The first kappa shape index (κ1) is 23.6. The molecule has 2 aliphatic rings. The summed E-state index contributed by atoms with van der Waals surface area (Å²) in [5, 5.41) is 0. The van der Waals surface area contributed by atoms with E-state index in [0.29, 0.717) is 0 Å². The summed E-state index contributed by atoms with van der Waals surface area (Å²) in [6, 6.07) is 18.6. The van der Waals surface area contributed by atoms with Crippen molar-refractivity contribution in [1.82, 2.24) is 0 Å². The summed E-state index contributed by atoms with van der Waals surface area (Å²) in [6.07, 6.45) is 16.6. The molecule has 1 aliphatic heterocycles. The van der Waals surface area contributed by atoms with Crippen LogP contribution in [0.15, 0.2) is 48.5 Å². The first-order valence-electron chi connectivity index (χ1n) is 13.6. The normalized spacial score (nSPS) is 26.2.